The lowest BCUT2D eigenvalue weighted by Crippen LogP contribution is -2.32. The second kappa shape index (κ2) is 6.46. The molecule has 0 aliphatic carbocycles. The summed E-state index contributed by atoms with van der Waals surface area (Å²) < 4.78 is 0. The Bertz CT molecular complexity index is 832. The third kappa shape index (κ3) is 3.04. The molecule has 4 nitrogen and oxygen atoms in total. The van der Waals surface area contributed by atoms with Gasteiger partial charge in [-0.25, -0.2) is 4.98 Å². The normalized spacial score (nSPS) is 16.3. The number of benzene rings is 2. The molecule has 24 heavy (non-hydrogen) atoms. The van der Waals surface area contributed by atoms with Crippen LogP contribution in [0.15, 0.2) is 48.5 Å². The largest absolute Gasteiger partial charge is 0.342 e. The topological polar surface area (TPSA) is 55.7 Å². The number of rotatable bonds is 3. The average molecular weight is 316 g/mol. The van der Waals surface area contributed by atoms with Crippen LogP contribution in [0.25, 0.3) is 11.0 Å². The number of likely N-dealkylation sites (tertiary alicyclic amines) is 1. The highest BCUT2D eigenvalue weighted by atomic mass is 15.1. The van der Waals surface area contributed by atoms with Gasteiger partial charge in [0.05, 0.1) is 22.7 Å². The highest BCUT2D eigenvalue weighted by molar-refractivity contribution is 5.74. The van der Waals surface area contributed by atoms with E-state index in [0.717, 1.165) is 54.9 Å². The maximum Gasteiger partial charge on any atom is 0.110 e. The molecule has 4 heteroatoms. The molecule has 1 aliphatic heterocycles. The fraction of sp³-hybridized carbons (Fsp3) is 0.300. The molecular weight excluding hydrogens is 296 g/mol. The number of hydrogen-bond donors (Lipinski definition) is 1. The van der Waals surface area contributed by atoms with Crippen LogP contribution in [0.2, 0.25) is 0 Å². The van der Waals surface area contributed by atoms with Crippen LogP contribution in [0.4, 0.5) is 0 Å². The van der Waals surface area contributed by atoms with Crippen molar-refractivity contribution in [3.8, 4) is 6.07 Å². The molecule has 2 heterocycles. The van der Waals surface area contributed by atoms with Crippen molar-refractivity contribution in [3.63, 3.8) is 0 Å². The van der Waals surface area contributed by atoms with Crippen molar-refractivity contribution >= 4 is 11.0 Å². The van der Waals surface area contributed by atoms with Gasteiger partial charge in [-0.15, -0.1) is 0 Å². The van der Waals surface area contributed by atoms with E-state index in [4.69, 9.17) is 10.2 Å². The number of aromatic nitrogens is 2. The summed E-state index contributed by atoms with van der Waals surface area (Å²) in [5.41, 5.74) is 4.19. The molecule has 0 amide bonds. The lowest BCUT2D eigenvalue weighted by Gasteiger charge is -2.31. The van der Waals surface area contributed by atoms with Crippen molar-refractivity contribution in [3.05, 3.63) is 65.5 Å². The van der Waals surface area contributed by atoms with Gasteiger partial charge < -0.3 is 4.98 Å². The van der Waals surface area contributed by atoms with Gasteiger partial charge >= 0.3 is 0 Å². The first-order valence-electron chi connectivity index (χ1n) is 8.48. The SMILES string of the molecule is N#Cc1ccc(CN2CCC(c3nc4ccccc4[nH]3)CC2)cc1. The van der Waals surface area contributed by atoms with Crippen molar-refractivity contribution in [2.24, 2.45) is 0 Å². The highest BCUT2D eigenvalue weighted by Crippen LogP contribution is 2.28. The van der Waals surface area contributed by atoms with E-state index in [9.17, 15) is 0 Å². The van der Waals surface area contributed by atoms with Gasteiger partial charge in [0.2, 0.25) is 0 Å². The van der Waals surface area contributed by atoms with Crippen LogP contribution < -0.4 is 0 Å². The van der Waals surface area contributed by atoms with Gasteiger partial charge in [-0.2, -0.15) is 5.26 Å². The number of nitrogens with one attached hydrogen (secondary N) is 1. The lowest BCUT2D eigenvalue weighted by molar-refractivity contribution is 0.202. The molecule has 1 saturated heterocycles. The second-order valence-corrected chi connectivity index (χ2v) is 6.50. The molecule has 0 radical (unpaired) electrons. The Kier molecular flexibility index (Phi) is 4.02. The van der Waals surface area contributed by atoms with E-state index >= 15 is 0 Å². The van der Waals surface area contributed by atoms with Gasteiger partial charge in [-0.3, -0.25) is 4.90 Å². The molecule has 0 spiro atoms. The van der Waals surface area contributed by atoms with Gasteiger partial charge in [0.25, 0.3) is 0 Å². The van der Waals surface area contributed by atoms with Crippen LogP contribution in [-0.2, 0) is 6.54 Å². The van der Waals surface area contributed by atoms with Crippen molar-refractivity contribution in [2.45, 2.75) is 25.3 Å². The van der Waals surface area contributed by atoms with Crippen LogP contribution >= 0.6 is 0 Å². The Balaban J connectivity index is 1.38. The Hall–Kier alpha value is -2.64. The van der Waals surface area contributed by atoms with Gasteiger partial charge in [0.1, 0.15) is 5.82 Å². The van der Waals surface area contributed by atoms with Gasteiger partial charge in [-0.05, 0) is 55.8 Å². The van der Waals surface area contributed by atoms with Crippen LogP contribution in [0.5, 0.6) is 0 Å². The predicted molar refractivity (Wildman–Crippen MR) is 94.5 cm³/mol. The molecule has 0 bridgehead atoms. The summed E-state index contributed by atoms with van der Waals surface area (Å²) in [7, 11) is 0. The Morgan fingerprint density at radius 3 is 2.54 bits per heavy atom. The molecule has 0 unspecified atom stereocenters. The number of aromatic amines is 1. The molecular formula is C20H20N4. The van der Waals surface area contributed by atoms with Crippen molar-refractivity contribution < 1.29 is 0 Å². The molecule has 1 fully saturated rings. The highest BCUT2D eigenvalue weighted by Gasteiger charge is 2.23. The summed E-state index contributed by atoms with van der Waals surface area (Å²) in [6.45, 7) is 3.13. The van der Waals surface area contributed by atoms with Crippen molar-refractivity contribution in [1.29, 1.82) is 5.26 Å². The number of nitriles is 1. The van der Waals surface area contributed by atoms with E-state index in [0.29, 0.717) is 5.92 Å². The number of nitrogens with zero attached hydrogens (tertiary/aromatic N) is 3. The summed E-state index contributed by atoms with van der Waals surface area (Å²) in [5, 5.41) is 8.87. The standard InChI is InChI=1S/C20H20N4/c21-13-15-5-7-16(8-6-15)14-24-11-9-17(10-12-24)20-22-18-3-1-2-4-19(18)23-20/h1-8,17H,9-12,14H2,(H,22,23). The van der Waals surface area contributed by atoms with E-state index < -0.39 is 0 Å². The zero-order valence-corrected chi connectivity index (χ0v) is 13.6. The monoisotopic (exact) mass is 316 g/mol. The minimum absolute atomic E-state index is 0.523. The Morgan fingerprint density at radius 2 is 1.83 bits per heavy atom. The van der Waals surface area contributed by atoms with Crippen LogP contribution in [0.1, 0.15) is 35.7 Å². The summed E-state index contributed by atoms with van der Waals surface area (Å²) in [5.74, 6) is 1.66. The van der Waals surface area contributed by atoms with Crippen molar-refractivity contribution in [2.75, 3.05) is 13.1 Å². The van der Waals surface area contributed by atoms with E-state index in [1.807, 2.05) is 24.3 Å². The number of hydrogen-bond acceptors (Lipinski definition) is 3. The minimum Gasteiger partial charge on any atom is -0.342 e. The summed E-state index contributed by atoms with van der Waals surface area (Å²) in [6.07, 6.45) is 2.27. The van der Waals surface area contributed by atoms with Crippen LogP contribution in [0.3, 0.4) is 0 Å². The van der Waals surface area contributed by atoms with Crippen LogP contribution in [0, 0.1) is 11.3 Å². The third-order valence-electron chi connectivity index (χ3n) is 4.87. The first-order valence-corrected chi connectivity index (χ1v) is 8.48. The first kappa shape index (κ1) is 14.9. The quantitative estimate of drug-likeness (QED) is 0.799. The summed E-state index contributed by atoms with van der Waals surface area (Å²) >= 11 is 0. The van der Waals surface area contributed by atoms with Crippen molar-refractivity contribution in [1.82, 2.24) is 14.9 Å². The second-order valence-electron chi connectivity index (χ2n) is 6.50. The molecule has 120 valence electrons. The molecule has 2 aromatic carbocycles. The number of fused-ring (bicyclic) bond motifs is 1. The van der Waals surface area contributed by atoms with Gasteiger partial charge in [-0.1, -0.05) is 24.3 Å². The maximum absolute atomic E-state index is 8.87. The summed E-state index contributed by atoms with van der Waals surface area (Å²) in [6, 6.07) is 18.3. The summed E-state index contributed by atoms with van der Waals surface area (Å²) in [4.78, 5) is 10.7. The number of H-pyrrole nitrogens is 1. The number of para-hydroxylation sites is 2. The first-order chi connectivity index (χ1) is 11.8. The molecule has 1 aromatic heterocycles. The van der Waals surface area contributed by atoms with Crippen LogP contribution in [-0.4, -0.2) is 28.0 Å². The molecule has 1 N–H and O–H groups in total. The van der Waals surface area contributed by atoms with E-state index in [-0.39, 0.29) is 0 Å². The van der Waals surface area contributed by atoms with E-state index in [2.05, 4.69) is 40.2 Å². The minimum atomic E-state index is 0.523. The fourth-order valence-electron chi connectivity index (χ4n) is 3.47. The zero-order valence-electron chi connectivity index (χ0n) is 13.6. The molecule has 0 saturated carbocycles. The fourth-order valence-corrected chi connectivity index (χ4v) is 3.47. The molecule has 1 aliphatic rings. The molecule has 0 atom stereocenters. The number of imidazole rings is 1. The van der Waals surface area contributed by atoms with E-state index in [1.54, 1.807) is 0 Å². The zero-order chi connectivity index (χ0) is 16.4. The molecule has 4 rings (SSSR count). The van der Waals surface area contributed by atoms with E-state index in [1.165, 1.54) is 5.56 Å². The van der Waals surface area contributed by atoms with Gasteiger partial charge in [0, 0.05) is 12.5 Å². The van der Waals surface area contributed by atoms with Gasteiger partial charge in [0.15, 0.2) is 0 Å². The average Bonchev–Trinajstić information content (AvgIpc) is 3.07. The lowest BCUT2D eigenvalue weighted by atomic mass is 9.96. The molecule has 3 aromatic rings. The Morgan fingerprint density at radius 1 is 1.08 bits per heavy atom. The number of piperidine rings is 1. The maximum atomic E-state index is 8.87. The smallest absolute Gasteiger partial charge is 0.110 e. The predicted octanol–water partition coefficient (Wildman–Crippen LogP) is 3.81. The third-order valence-corrected chi connectivity index (χ3v) is 4.87. The Labute approximate surface area is 141 Å².